The predicted molar refractivity (Wildman–Crippen MR) is 60.5 cm³/mol. The van der Waals surface area contributed by atoms with Crippen molar-refractivity contribution in [1.82, 2.24) is 5.32 Å². The Balaban J connectivity index is 1.96. The molecular formula is C12H25NO. The van der Waals surface area contributed by atoms with E-state index in [1.807, 2.05) is 0 Å². The number of ether oxygens (including phenoxy) is 1. The molecule has 0 bridgehead atoms. The maximum absolute atomic E-state index is 5.76. The van der Waals surface area contributed by atoms with Gasteiger partial charge in [0, 0.05) is 13.2 Å². The lowest BCUT2D eigenvalue weighted by Crippen LogP contribution is -2.30. The Kier molecular flexibility index (Phi) is 6.20. The van der Waals surface area contributed by atoms with E-state index in [0.717, 1.165) is 25.0 Å². The zero-order chi connectivity index (χ0) is 10.2. The Hall–Kier alpha value is -0.0800. The molecule has 1 aliphatic heterocycles. The first-order chi connectivity index (χ1) is 6.83. The van der Waals surface area contributed by atoms with Crippen LogP contribution in [0.4, 0.5) is 0 Å². The Bertz CT molecular complexity index is 132. The summed E-state index contributed by atoms with van der Waals surface area (Å²) in [6.07, 6.45) is 5.16. The predicted octanol–water partition coefficient (Wildman–Crippen LogP) is 2.44. The second-order valence-corrected chi connectivity index (χ2v) is 4.62. The minimum Gasteiger partial charge on any atom is -0.381 e. The van der Waals surface area contributed by atoms with Crippen LogP contribution in [-0.2, 0) is 4.74 Å². The molecule has 14 heavy (non-hydrogen) atoms. The molecule has 84 valence electrons. The van der Waals surface area contributed by atoms with E-state index in [9.17, 15) is 0 Å². The van der Waals surface area contributed by atoms with Crippen LogP contribution in [0.15, 0.2) is 0 Å². The van der Waals surface area contributed by atoms with Crippen LogP contribution >= 0.6 is 0 Å². The topological polar surface area (TPSA) is 21.3 Å². The molecule has 0 radical (unpaired) electrons. The van der Waals surface area contributed by atoms with Crippen molar-refractivity contribution in [2.75, 3.05) is 26.3 Å². The highest BCUT2D eigenvalue weighted by atomic mass is 16.5. The lowest BCUT2D eigenvalue weighted by Gasteiger charge is -2.23. The first-order valence-corrected chi connectivity index (χ1v) is 6.11. The normalized spacial score (nSPS) is 21.0. The Morgan fingerprint density at radius 3 is 2.71 bits per heavy atom. The van der Waals surface area contributed by atoms with Crippen molar-refractivity contribution in [3.8, 4) is 0 Å². The van der Waals surface area contributed by atoms with Crippen molar-refractivity contribution >= 4 is 0 Å². The molecule has 2 heteroatoms. The standard InChI is InChI=1S/C12H25NO/c1-3-4-11(2)9-14-10-12-5-7-13-8-6-12/h11-13H,3-10H2,1-2H3. The van der Waals surface area contributed by atoms with Crippen molar-refractivity contribution < 1.29 is 4.74 Å². The number of piperidine rings is 1. The molecule has 0 aromatic heterocycles. The van der Waals surface area contributed by atoms with E-state index in [-0.39, 0.29) is 0 Å². The van der Waals surface area contributed by atoms with Gasteiger partial charge >= 0.3 is 0 Å². The van der Waals surface area contributed by atoms with Crippen LogP contribution < -0.4 is 5.32 Å². The van der Waals surface area contributed by atoms with Gasteiger partial charge in [0.15, 0.2) is 0 Å². The van der Waals surface area contributed by atoms with Gasteiger partial charge in [0.25, 0.3) is 0 Å². The monoisotopic (exact) mass is 199 g/mol. The largest absolute Gasteiger partial charge is 0.381 e. The quantitative estimate of drug-likeness (QED) is 0.709. The third kappa shape index (κ3) is 4.97. The molecule has 1 aliphatic rings. The number of hydrogen-bond donors (Lipinski definition) is 1. The summed E-state index contributed by atoms with van der Waals surface area (Å²) < 4.78 is 5.76. The van der Waals surface area contributed by atoms with E-state index in [1.54, 1.807) is 0 Å². The average molecular weight is 199 g/mol. The van der Waals surface area contributed by atoms with Gasteiger partial charge in [-0.3, -0.25) is 0 Å². The molecule has 1 atom stereocenters. The van der Waals surface area contributed by atoms with E-state index >= 15 is 0 Å². The summed E-state index contributed by atoms with van der Waals surface area (Å²) in [5.74, 6) is 1.55. The summed E-state index contributed by atoms with van der Waals surface area (Å²) in [6, 6.07) is 0. The van der Waals surface area contributed by atoms with Crippen LogP contribution in [0, 0.1) is 11.8 Å². The molecule has 1 heterocycles. The highest BCUT2D eigenvalue weighted by Gasteiger charge is 2.13. The summed E-state index contributed by atoms with van der Waals surface area (Å²) in [5, 5.41) is 3.38. The zero-order valence-corrected chi connectivity index (χ0v) is 9.72. The molecule has 0 amide bonds. The van der Waals surface area contributed by atoms with Gasteiger partial charge in [-0.1, -0.05) is 20.3 Å². The minimum absolute atomic E-state index is 0.738. The molecule has 1 N–H and O–H groups in total. The molecule has 0 aromatic rings. The third-order valence-corrected chi connectivity index (χ3v) is 3.00. The molecule has 0 aromatic carbocycles. The second-order valence-electron chi connectivity index (χ2n) is 4.62. The first kappa shape index (κ1) is 12.0. The highest BCUT2D eigenvalue weighted by molar-refractivity contribution is 4.67. The van der Waals surface area contributed by atoms with Crippen LogP contribution in [0.25, 0.3) is 0 Å². The van der Waals surface area contributed by atoms with Crippen LogP contribution in [0.5, 0.6) is 0 Å². The van der Waals surface area contributed by atoms with E-state index in [0.29, 0.717) is 0 Å². The lowest BCUT2D eigenvalue weighted by atomic mass is 9.99. The second kappa shape index (κ2) is 7.24. The highest BCUT2D eigenvalue weighted by Crippen LogP contribution is 2.13. The van der Waals surface area contributed by atoms with Crippen LogP contribution in [0.1, 0.15) is 39.5 Å². The summed E-state index contributed by atoms with van der Waals surface area (Å²) >= 11 is 0. The van der Waals surface area contributed by atoms with E-state index in [2.05, 4.69) is 19.2 Å². The van der Waals surface area contributed by atoms with Gasteiger partial charge in [-0.2, -0.15) is 0 Å². The van der Waals surface area contributed by atoms with Crippen molar-refractivity contribution in [2.24, 2.45) is 11.8 Å². The molecule has 2 nitrogen and oxygen atoms in total. The fourth-order valence-electron chi connectivity index (χ4n) is 2.06. The number of hydrogen-bond acceptors (Lipinski definition) is 2. The van der Waals surface area contributed by atoms with Crippen LogP contribution in [0.3, 0.4) is 0 Å². The van der Waals surface area contributed by atoms with E-state index in [1.165, 1.54) is 38.8 Å². The summed E-state index contributed by atoms with van der Waals surface area (Å²) in [6.45, 7) is 8.82. The molecule has 0 aliphatic carbocycles. The molecular weight excluding hydrogens is 174 g/mol. The number of nitrogens with one attached hydrogen (secondary N) is 1. The SMILES string of the molecule is CCCC(C)COCC1CCNCC1. The van der Waals surface area contributed by atoms with Gasteiger partial charge in [0.1, 0.15) is 0 Å². The molecule has 1 saturated heterocycles. The lowest BCUT2D eigenvalue weighted by molar-refractivity contribution is 0.0642. The molecule has 1 unspecified atom stereocenters. The Morgan fingerprint density at radius 2 is 2.07 bits per heavy atom. The summed E-state index contributed by atoms with van der Waals surface area (Å²) in [5.41, 5.74) is 0. The number of rotatable bonds is 6. The fraction of sp³-hybridized carbons (Fsp3) is 1.00. The van der Waals surface area contributed by atoms with Gasteiger partial charge in [-0.25, -0.2) is 0 Å². The van der Waals surface area contributed by atoms with Crippen molar-refractivity contribution in [2.45, 2.75) is 39.5 Å². The maximum atomic E-state index is 5.76. The summed E-state index contributed by atoms with van der Waals surface area (Å²) in [4.78, 5) is 0. The van der Waals surface area contributed by atoms with Crippen molar-refractivity contribution in [1.29, 1.82) is 0 Å². The van der Waals surface area contributed by atoms with E-state index < -0.39 is 0 Å². The average Bonchev–Trinajstić information content (AvgIpc) is 2.20. The Labute approximate surface area is 88.4 Å². The first-order valence-electron chi connectivity index (χ1n) is 6.11. The van der Waals surface area contributed by atoms with Gasteiger partial charge in [0.2, 0.25) is 0 Å². The third-order valence-electron chi connectivity index (χ3n) is 3.00. The molecule has 1 rings (SSSR count). The van der Waals surface area contributed by atoms with Gasteiger partial charge < -0.3 is 10.1 Å². The van der Waals surface area contributed by atoms with Crippen molar-refractivity contribution in [3.63, 3.8) is 0 Å². The summed E-state index contributed by atoms with van der Waals surface area (Å²) in [7, 11) is 0. The maximum Gasteiger partial charge on any atom is 0.0495 e. The minimum atomic E-state index is 0.738. The van der Waals surface area contributed by atoms with Crippen molar-refractivity contribution in [3.05, 3.63) is 0 Å². The fourth-order valence-corrected chi connectivity index (χ4v) is 2.06. The van der Waals surface area contributed by atoms with Crippen LogP contribution in [-0.4, -0.2) is 26.3 Å². The van der Waals surface area contributed by atoms with Gasteiger partial charge in [0.05, 0.1) is 0 Å². The van der Waals surface area contributed by atoms with Gasteiger partial charge in [-0.15, -0.1) is 0 Å². The molecule has 0 saturated carbocycles. The smallest absolute Gasteiger partial charge is 0.0495 e. The molecule has 1 fully saturated rings. The Morgan fingerprint density at radius 1 is 1.36 bits per heavy atom. The van der Waals surface area contributed by atoms with Crippen LogP contribution in [0.2, 0.25) is 0 Å². The van der Waals surface area contributed by atoms with Gasteiger partial charge in [-0.05, 0) is 44.2 Å². The zero-order valence-electron chi connectivity index (χ0n) is 9.72. The van der Waals surface area contributed by atoms with E-state index in [4.69, 9.17) is 4.74 Å². The molecule has 0 spiro atoms.